The molecule has 7 heteroatoms. The topological polar surface area (TPSA) is 61.9 Å². The Morgan fingerprint density at radius 3 is 2.22 bits per heavy atom. The summed E-state index contributed by atoms with van der Waals surface area (Å²) < 4.78 is 19.4. The number of ether oxygens (including phenoxy) is 1. The second kappa shape index (κ2) is 10.6. The smallest absolute Gasteiger partial charge is 0.408 e. The largest absolute Gasteiger partial charge is 0.444 e. The molecule has 0 bridgehead atoms. The van der Waals surface area contributed by atoms with Crippen molar-refractivity contribution in [2.75, 3.05) is 32.7 Å². The van der Waals surface area contributed by atoms with E-state index in [1.807, 2.05) is 63.8 Å². The van der Waals surface area contributed by atoms with Crippen LogP contribution in [0.3, 0.4) is 0 Å². The molecule has 2 aromatic rings. The fourth-order valence-electron chi connectivity index (χ4n) is 5.56. The van der Waals surface area contributed by atoms with Gasteiger partial charge in [0.05, 0.1) is 6.04 Å². The summed E-state index contributed by atoms with van der Waals surface area (Å²) in [4.78, 5) is 30.1. The van der Waals surface area contributed by atoms with Gasteiger partial charge < -0.3 is 19.9 Å². The number of carbonyl (C=O) groups is 2. The third-order valence-electron chi connectivity index (χ3n) is 7.22. The number of likely N-dealkylation sites (tertiary alicyclic amines) is 2. The predicted molar refractivity (Wildman–Crippen MR) is 138 cm³/mol. The van der Waals surface area contributed by atoms with Gasteiger partial charge in [0.2, 0.25) is 0 Å². The van der Waals surface area contributed by atoms with Crippen LogP contribution in [0.5, 0.6) is 0 Å². The summed E-state index contributed by atoms with van der Waals surface area (Å²) in [6.07, 6.45) is 0.142. The molecule has 2 unspecified atom stereocenters. The minimum atomic E-state index is -0.608. The molecule has 6 nitrogen and oxygen atoms in total. The van der Waals surface area contributed by atoms with Crippen LogP contribution < -0.4 is 5.32 Å². The summed E-state index contributed by atoms with van der Waals surface area (Å²) in [5, 5.41) is 2.93. The van der Waals surface area contributed by atoms with Crippen LogP contribution in [0.2, 0.25) is 0 Å². The molecule has 2 fully saturated rings. The highest BCUT2D eigenvalue weighted by molar-refractivity contribution is 5.97. The summed E-state index contributed by atoms with van der Waals surface area (Å²) in [5.41, 5.74) is 3.01. The molecule has 194 valence electrons. The van der Waals surface area contributed by atoms with Gasteiger partial charge in [0.15, 0.2) is 0 Å². The second-order valence-corrected chi connectivity index (χ2v) is 11.3. The number of fused-ring (bicyclic) bond motifs is 1. The van der Waals surface area contributed by atoms with Crippen molar-refractivity contribution in [3.05, 3.63) is 70.5 Å². The molecule has 0 aliphatic carbocycles. The van der Waals surface area contributed by atoms with Crippen molar-refractivity contribution in [3.63, 3.8) is 0 Å². The van der Waals surface area contributed by atoms with E-state index in [2.05, 4.69) is 10.2 Å². The van der Waals surface area contributed by atoms with Crippen molar-refractivity contribution in [2.45, 2.75) is 52.7 Å². The Morgan fingerprint density at radius 2 is 1.64 bits per heavy atom. The lowest BCUT2D eigenvalue weighted by Gasteiger charge is -2.26. The van der Waals surface area contributed by atoms with Gasteiger partial charge >= 0.3 is 6.09 Å². The lowest BCUT2D eigenvalue weighted by molar-refractivity contribution is 0.0498. The van der Waals surface area contributed by atoms with Crippen LogP contribution in [0.25, 0.3) is 0 Å². The van der Waals surface area contributed by atoms with E-state index in [1.165, 1.54) is 12.1 Å². The molecular weight excluding hydrogens is 457 g/mol. The molecule has 0 saturated carbocycles. The number of nitrogens with one attached hydrogen (secondary N) is 1. The van der Waals surface area contributed by atoms with Crippen molar-refractivity contribution in [3.8, 4) is 0 Å². The minimum Gasteiger partial charge on any atom is -0.444 e. The fourth-order valence-corrected chi connectivity index (χ4v) is 5.56. The summed E-state index contributed by atoms with van der Waals surface area (Å²) in [6.45, 7) is 13.6. The van der Waals surface area contributed by atoms with Crippen LogP contribution in [0.1, 0.15) is 60.3 Å². The quantitative estimate of drug-likeness (QED) is 0.606. The van der Waals surface area contributed by atoms with Gasteiger partial charge in [-0.15, -0.1) is 0 Å². The number of hydrogen-bond acceptors (Lipinski definition) is 4. The summed E-state index contributed by atoms with van der Waals surface area (Å²) in [6, 6.07) is 12.0. The van der Waals surface area contributed by atoms with Crippen molar-refractivity contribution in [2.24, 2.45) is 11.8 Å². The summed E-state index contributed by atoms with van der Waals surface area (Å²) in [5.74, 6) is 0.710. The number of rotatable bonds is 6. The Balaban J connectivity index is 1.35. The number of benzene rings is 2. The first-order valence-corrected chi connectivity index (χ1v) is 12.8. The van der Waals surface area contributed by atoms with Gasteiger partial charge in [-0.3, -0.25) is 4.79 Å². The number of nitrogens with zero attached hydrogens (tertiary/aromatic N) is 2. The molecule has 3 atom stereocenters. The molecule has 0 radical (unpaired) electrons. The lowest BCUT2D eigenvalue weighted by Crippen LogP contribution is -2.37. The van der Waals surface area contributed by atoms with Crippen LogP contribution >= 0.6 is 0 Å². The molecule has 0 spiro atoms. The van der Waals surface area contributed by atoms with Crippen LogP contribution in [0, 0.1) is 31.5 Å². The number of aryl methyl sites for hydroxylation is 2. The van der Waals surface area contributed by atoms with Gasteiger partial charge in [-0.1, -0.05) is 30.3 Å². The Hall–Kier alpha value is -2.93. The van der Waals surface area contributed by atoms with Gasteiger partial charge in [0.25, 0.3) is 5.91 Å². The summed E-state index contributed by atoms with van der Waals surface area (Å²) in [7, 11) is 0. The Labute approximate surface area is 213 Å². The van der Waals surface area contributed by atoms with E-state index in [9.17, 15) is 14.0 Å². The molecule has 0 aromatic heterocycles. The van der Waals surface area contributed by atoms with E-state index < -0.39 is 11.7 Å². The molecule has 4 rings (SSSR count). The van der Waals surface area contributed by atoms with Crippen LogP contribution in [0.15, 0.2) is 42.5 Å². The van der Waals surface area contributed by atoms with E-state index in [4.69, 9.17) is 4.74 Å². The molecular formula is C29H38FN3O3. The third-order valence-corrected chi connectivity index (χ3v) is 7.22. The number of halogens is 1. The number of alkyl carbamates (subject to hydrolysis) is 1. The van der Waals surface area contributed by atoms with Gasteiger partial charge in [-0.25, -0.2) is 9.18 Å². The molecule has 2 aromatic carbocycles. The van der Waals surface area contributed by atoms with Crippen LogP contribution in [-0.2, 0) is 4.74 Å². The molecule has 2 aliphatic heterocycles. The van der Waals surface area contributed by atoms with Crippen molar-refractivity contribution in [1.82, 2.24) is 15.1 Å². The molecule has 36 heavy (non-hydrogen) atoms. The maximum absolute atomic E-state index is 13.9. The highest BCUT2D eigenvalue weighted by atomic mass is 19.1. The molecule has 2 amide bonds. The zero-order chi connectivity index (χ0) is 26.0. The van der Waals surface area contributed by atoms with Crippen molar-refractivity contribution in [1.29, 1.82) is 0 Å². The van der Waals surface area contributed by atoms with E-state index >= 15 is 0 Å². The zero-order valence-corrected chi connectivity index (χ0v) is 22.0. The average Bonchev–Trinajstić information content (AvgIpc) is 3.34. The predicted octanol–water partition coefficient (Wildman–Crippen LogP) is 5.10. The number of hydrogen-bond donors (Lipinski definition) is 1. The van der Waals surface area contributed by atoms with E-state index in [0.29, 0.717) is 18.3 Å². The summed E-state index contributed by atoms with van der Waals surface area (Å²) >= 11 is 0. The van der Waals surface area contributed by atoms with Crippen LogP contribution in [0.4, 0.5) is 9.18 Å². The first-order chi connectivity index (χ1) is 17.0. The van der Waals surface area contributed by atoms with Crippen LogP contribution in [-0.4, -0.2) is 60.1 Å². The monoisotopic (exact) mass is 495 g/mol. The normalized spacial score (nSPS) is 20.8. The highest BCUT2D eigenvalue weighted by Gasteiger charge is 2.42. The first-order valence-electron chi connectivity index (χ1n) is 12.8. The molecule has 2 saturated heterocycles. The van der Waals surface area contributed by atoms with Gasteiger partial charge in [0, 0.05) is 38.3 Å². The Kier molecular flexibility index (Phi) is 7.69. The number of amides is 2. The van der Waals surface area contributed by atoms with Gasteiger partial charge in [-0.2, -0.15) is 0 Å². The molecule has 2 heterocycles. The SMILES string of the molecule is Cc1cccc(C)c1C(=O)N1CC2CN(CC[C@H](NC(=O)OC(C)(C)C)c3cccc(F)c3)CC2C1. The maximum Gasteiger partial charge on any atom is 0.408 e. The first kappa shape index (κ1) is 26.1. The third kappa shape index (κ3) is 6.25. The van der Waals surface area contributed by atoms with E-state index in [0.717, 1.165) is 55.0 Å². The lowest BCUT2D eigenvalue weighted by atomic mass is 10.0. The van der Waals surface area contributed by atoms with Crippen molar-refractivity contribution >= 4 is 12.0 Å². The minimum absolute atomic E-state index is 0.138. The maximum atomic E-state index is 13.9. The van der Waals surface area contributed by atoms with Gasteiger partial charge in [0.1, 0.15) is 11.4 Å². The fraction of sp³-hybridized carbons (Fsp3) is 0.517. The van der Waals surface area contributed by atoms with Gasteiger partial charge in [-0.05, 0) is 81.7 Å². The Bertz CT molecular complexity index is 1080. The molecule has 1 N–H and O–H groups in total. The van der Waals surface area contributed by atoms with Crippen molar-refractivity contribution < 1.29 is 18.7 Å². The standard InChI is InChI=1S/C29H38FN3O3/c1-19-8-6-9-20(2)26(19)27(34)33-17-22-15-32(16-23(22)18-33)13-12-25(21-10-7-11-24(30)14-21)31-28(35)36-29(3,4)5/h6-11,14,22-23,25H,12-13,15-18H2,1-5H3,(H,31,35)/t22?,23?,25-/m0/s1. The highest BCUT2D eigenvalue weighted by Crippen LogP contribution is 2.33. The Morgan fingerprint density at radius 1 is 1.03 bits per heavy atom. The van der Waals surface area contributed by atoms with E-state index in [-0.39, 0.29) is 17.8 Å². The average molecular weight is 496 g/mol. The van der Waals surface area contributed by atoms with E-state index in [1.54, 1.807) is 6.07 Å². The number of carbonyl (C=O) groups excluding carboxylic acids is 2. The molecule has 2 aliphatic rings. The second-order valence-electron chi connectivity index (χ2n) is 11.3. The zero-order valence-electron chi connectivity index (χ0n) is 22.0.